The Balaban J connectivity index is 1.42. The largest absolute Gasteiger partial charge is 0.310 e. The van der Waals surface area contributed by atoms with Crippen molar-refractivity contribution >= 4 is 16.8 Å². The van der Waals surface area contributed by atoms with Crippen molar-refractivity contribution in [3.05, 3.63) is 46.7 Å². The molecule has 2 fully saturated rings. The van der Waals surface area contributed by atoms with Crippen LogP contribution in [-0.2, 0) is 11.3 Å². The van der Waals surface area contributed by atoms with Gasteiger partial charge in [-0.2, -0.15) is 5.10 Å². The van der Waals surface area contributed by atoms with E-state index in [0.717, 1.165) is 31.8 Å². The molecule has 9 heteroatoms. The van der Waals surface area contributed by atoms with E-state index in [1.807, 2.05) is 10.7 Å². The lowest BCUT2D eigenvalue weighted by molar-refractivity contribution is -0.120. The molecular formula is C21H25N7O2. The Morgan fingerprint density at radius 2 is 1.90 bits per heavy atom. The number of hydrogen-bond acceptors (Lipinski definition) is 7. The second-order valence-electron chi connectivity index (χ2n) is 8.49. The summed E-state index contributed by atoms with van der Waals surface area (Å²) in [6.45, 7) is 4.56. The van der Waals surface area contributed by atoms with Crippen molar-refractivity contribution in [1.29, 1.82) is 0 Å². The molecule has 0 amide bonds. The molecule has 0 unspecified atom stereocenters. The van der Waals surface area contributed by atoms with Crippen LogP contribution in [0.3, 0.4) is 0 Å². The molecule has 1 N–H and O–H groups in total. The van der Waals surface area contributed by atoms with E-state index in [0.29, 0.717) is 47.9 Å². The molecule has 0 spiro atoms. The number of rotatable bonds is 4. The number of nitrogens with zero attached hydrogens (tertiary/aromatic N) is 6. The average molecular weight is 407 g/mol. The number of fused-ring (bicyclic) bond motifs is 1. The van der Waals surface area contributed by atoms with Crippen molar-refractivity contribution < 1.29 is 4.79 Å². The molecule has 1 saturated carbocycles. The summed E-state index contributed by atoms with van der Waals surface area (Å²) < 4.78 is 1.86. The van der Waals surface area contributed by atoms with Crippen LogP contribution in [0.4, 0.5) is 0 Å². The van der Waals surface area contributed by atoms with Crippen LogP contribution in [0.25, 0.3) is 11.0 Å². The van der Waals surface area contributed by atoms with E-state index in [4.69, 9.17) is 4.98 Å². The summed E-state index contributed by atoms with van der Waals surface area (Å²) in [6.07, 6.45) is 7.75. The minimum atomic E-state index is -0.148. The number of carbonyl (C=O) groups is 1. The molecule has 9 nitrogen and oxygen atoms in total. The zero-order chi connectivity index (χ0) is 20.7. The Bertz CT molecular complexity index is 1110. The van der Waals surface area contributed by atoms with Crippen molar-refractivity contribution in [2.24, 2.45) is 5.92 Å². The molecule has 30 heavy (non-hydrogen) atoms. The van der Waals surface area contributed by atoms with E-state index in [2.05, 4.69) is 31.9 Å². The maximum Gasteiger partial charge on any atom is 0.262 e. The van der Waals surface area contributed by atoms with Gasteiger partial charge in [0.05, 0.1) is 18.8 Å². The topological polar surface area (TPSA) is 110 Å². The Kier molecular flexibility index (Phi) is 4.90. The predicted octanol–water partition coefficient (Wildman–Crippen LogP) is 1.83. The number of nitrogens with one attached hydrogen (secondary N) is 1. The molecule has 2 atom stereocenters. The van der Waals surface area contributed by atoms with E-state index < -0.39 is 0 Å². The fourth-order valence-corrected chi connectivity index (χ4v) is 4.73. The first-order valence-corrected chi connectivity index (χ1v) is 10.6. The van der Waals surface area contributed by atoms with Gasteiger partial charge in [0.25, 0.3) is 5.56 Å². The summed E-state index contributed by atoms with van der Waals surface area (Å²) in [5.74, 6) is 2.29. The van der Waals surface area contributed by atoms with E-state index in [1.165, 1.54) is 0 Å². The van der Waals surface area contributed by atoms with Crippen LogP contribution in [0.1, 0.15) is 56.2 Å². The molecule has 1 aliphatic heterocycles. The van der Waals surface area contributed by atoms with Gasteiger partial charge in [-0.25, -0.2) is 19.6 Å². The standard InChI is InChI=1S/C21H25N7O2/c1-13-10-27(12-18-22-7-2-8-23-18)11-17(13)19-25-20-16(21(30)26-19)9-24-28(20)14-3-5-15(29)6-4-14/h2,7-9,13-14,17H,3-6,10-12H2,1H3,(H,25,26,30)/t13-,17-/m1/s1. The lowest BCUT2D eigenvalue weighted by Crippen LogP contribution is -2.23. The van der Waals surface area contributed by atoms with Gasteiger partial charge in [-0.15, -0.1) is 0 Å². The average Bonchev–Trinajstić information content (AvgIpc) is 3.33. The van der Waals surface area contributed by atoms with Gasteiger partial charge in [0.2, 0.25) is 0 Å². The van der Waals surface area contributed by atoms with Gasteiger partial charge < -0.3 is 4.98 Å². The zero-order valence-electron chi connectivity index (χ0n) is 17.0. The van der Waals surface area contributed by atoms with Crippen molar-refractivity contribution in [2.75, 3.05) is 13.1 Å². The fraction of sp³-hybridized carbons (Fsp3) is 0.524. The number of Topliss-reactive ketones (excluding diaryl/α,β-unsaturated/α-hetero) is 1. The van der Waals surface area contributed by atoms with E-state index >= 15 is 0 Å². The molecule has 1 saturated heterocycles. The first-order chi connectivity index (χ1) is 14.6. The molecule has 1 aliphatic carbocycles. The van der Waals surface area contributed by atoms with E-state index in [9.17, 15) is 9.59 Å². The van der Waals surface area contributed by atoms with Crippen molar-refractivity contribution in [2.45, 2.75) is 51.1 Å². The van der Waals surface area contributed by atoms with Crippen LogP contribution in [0.2, 0.25) is 0 Å². The lowest BCUT2D eigenvalue weighted by atomic mass is 9.94. The Hall–Kier alpha value is -2.94. The SMILES string of the molecule is C[C@@H]1CN(Cc2ncccn2)C[C@H]1c1nc2c(cnn2C2CCC(=O)CC2)c(=O)[nH]1. The Morgan fingerprint density at radius 1 is 1.13 bits per heavy atom. The van der Waals surface area contributed by atoms with E-state index in [-0.39, 0.29) is 17.5 Å². The minimum absolute atomic E-state index is 0.120. The number of likely N-dealkylation sites (tertiary alicyclic amines) is 1. The van der Waals surface area contributed by atoms with Crippen LogP contribution in [-0.4, -0.2) is 53.5 Å². The third-order valence-electron chi connectivity index (χ3n) is 6.36. The molecule has 3 aromatic rings. The van der Waals surface area contributed by atoms with Gasteiger partial charge in [0.15, 0.2) is 5.65 Å². The highest BCUT2D eigenvalue weighted by Crippen LogP contribution is 2.32. The zero-order valence-corrected chi connectivity index (χ0v) is 17.0. The van der Waals surface area contributed by atoms with Crippen LogP contribution in [0, 0.1) is 5.92 Å². The van der Waals surface area contributed by atoms with Crippen LogP contribution < -0.4 is 5.56 Å². The second kappa shape index (κ2) is 7.71. The maximum absolute atomic E-state index is 12.7. The van der Waals surface area contributed by atoms with Gasteiger partial charge >= 0.3 is 0 Å². The van der Waals surface area contributed by atoms with Gasteiger partial charge in [-0.05, 0) is 24.8 Å². The summed E-state index contributed by atoms with van der Waals surface area (Å²) in [5.41, 5.74) is 0.482. The van der Waals surface area contributed by atoms with Crippen LogP contribution in [0.5, 0.6) is 0 Å². The minimum Gasteiger partial charge on any atom is -0.310 e. The van der Waals surface area contributed by atoms with Gasteiger partial charge in [0.1, 0.15) is 22.8 Å². The summed E-state index contributed by atoms with van der Waals surface area (Å²) >= 11 is 0. The molecule has 3 aromatic heterocycles. The van der Waals surface area contributed by atoms with Gasteiger partial charge in [-0.1, -0.05) is 6.92 Å². The highest BCUT2D eigenvalue weighted by molar-refractivity contribution is 5.79. The Labute approximate surface area is 173 Å². The lowest BCUT2D eigenvalue weighted by Gasteiger charge is -2.22. The van der Waals surface area contributed by atoms with Crippen LogP contribution >= 0.6 is 0 Å². The monoisotopic (exact) mass is 407 g/mol. The molecule has 0 aromatic carbocycles. The summed E-state index contributed by atoms with van der Waals surface area (Å²) in [7, 11) is 0. The number of carbonyl (C=O) groups excluding carboxylic acids is 1. The number of aromatic amines is 1. The first-order valence-electron chi connectivity index (χ1n) is 10.6. The summed E-state index contributed by atoms with van der Waals surface area (Å²) in [4.78, 5) is 43.2. The maximum atomic E-state index is 12.7. The van der Waals surface area contributed by atoms with Crippen molar-refractivity contribution in [1.82, 2.24) is 34.6 Å². The fourth-order valence-electron chi connectivity index (χ4n) is 4.73. The van der Waals surface area contributed by atoms with Crippen molar-refractivity contribution in [3.63, 3.8) is 0 Å². The molecule has 0 bridgehead atoms. The first kappa shape index (κ1) is 19.0. The Morgan fingerprint density at radius 3 is 2.67 bits per heavy atom. The smallest absolute Gasteiger partial charge is 0.262 e. The van der Waals surface area contributed by atoms with Gasteiger partial charge in [-0.3, -0.25) is 14.5 Å². The van der Waals surface area contributed by atoms with Crippen LogP contribution in [0.15, 0.2) is 29.5 Å². The number of hydrogen-bond donors (Lipinski definition) is 1. The highest BCUT2D eigenvalue weighted by atomic mass is 16.1. The third-order valence-corrected chi connectivity index (χ3v) is 6.36. The third kappa shape index (κ3) is 3.54. The summed E-state index contributed by atoms with van der Waals surface area (Å²) in [5, 5.41) is 4.97. The van der Waals surface area contributed by atoms with Crippen molar-refractivity contribution in [3.8, 4) is 0 Å². The second-order valence-corrected chi connectivity index (χ2v) is 8.49. The molecule has 2 aliphatic rings. The molecule has 156 valence electrons. The van der Waals surface area contributed by atoms with Gasteiger partial charge in [0, 0.05) is 44.2 Å². The number of H-pyrrole nitrogens is 1. The molecular weight excluding hydrogens is 382 g/mol. The number of aromatic nitrogens is 6. The van der Waals surface area contributed by atoms with E-state index in [1.54, 1.807) is 18.6 Å². The normalized spacial score (nSPS) is 23.4. The predicted molar refractivity (Wildman–Crippen MR) is 110 cm³/mol. The number of ketones is 1. The molecule has 5 rings (SSSR count). The highest BCUT2D eigenvalue weighted by Gasteiger charge is 2.33. The molecule has 4 heterocycles. The quantitative estimate of drug-likeness (QED) is 0.702. The summed E-state index contributed by atoms with van der Waals surface area (Å²) in [6, 6.07) is 1.93. The molecule has 0 radical (unpaired) electrons.